The number of anilines is 1. The summed E-state index contributed by atoms with van der Waals surface area (Å²) in [5.74, 6) is -0.197. The third-order valence-corrected chi connectivity index (χ3v) is 3.44. The van der Waals surface area contributed by atoms with Crippen molar-refractivity contribution in [2.45, 2.75) is 19.9 Å². The monoisotopic (exact) mass is 316 g/mol. The molecule has 0 saturated carbocycles. The molecule has 2 rings (SSSR count). The summed E-state index contributed by atoms with van der Waals surface area (Å²) >= 11 is 6.04. The van der Waals surface area contributed by atoms with Gasteiger partial charge in [0.15, 0.2) is 0 Å². The molecule has 0 aliphatic rings. The number of carbonyl (C=O) groups excluding carboxylic acids is 2. The molecule has 22 heavy (non-hydrogen) atoms. The fourth-order valence-corrected chi connectivity index (χ4v) is 2.20. The van der Waals surface area contributed by atoms with E-state index in [1.165, 1.54) is 6.92 Å². The van der Waals surface area contributed by atoms with Crippen LogP contribution in [-0.4, -0.2) is 11.8 Å². The maximum atomic E-state index is 11.9. The first kappa shape index (κ1) is 16.0. The molecule has 2 amide bonds. The minimum absolute atomic E-state index is 0.0767. The van der Waals surface area contributed by atoms with Crippen LogP contribution in [0, 0.1) is 0 Å². The molecule has 0 unspecified atom stereocenters. The van der Waals surface area contributed by atoms with Gasteiger partial charge >= 0.3 is 0 Å². The Bertz CT molecular complexity index is 669. The highest BCUT2D eigenvalue weighted by molar-refractivity contribution is 6.31. The highest BCUT2D eigenvalue weighted by atomic mass is 35.5. The van der Waals surface area contributed by atoms with E-state index in [2.05, 4.69) is 10.6 Å². The molecule has 0 heterocycles. The van der Waals surface area contributed by atoms with Crippen LogP contribution in [0.25, 0.3) is 0 Å². The van der Waals surface area contributed by atoms with E-state index in [0.717, 1.165) is 11.1 Å². The van der Waals surface area contributed by atoms with Gasteiger partial charge < -0.3 is 10.6 Å². The van der Waals surface area contributed by atoms with Gasteiger partial charge in [-0.15, -0.1) is 0 Å². The van der Waals surface area contributed by atoms with E-state index in [1.807, 2.05) is 30.3 Å². The molecule has 0 bridgehead atoms. The van der Waals surface area contributed by atoms with E-state index < -0.39 is 0 Å². The first-order valence-electron chi connectivity index (χ1n) is 6.91. The number of hydrogen-bond acceptors (Lipinski definition) is 2. The Hall–Kier alpha value is -2.33. The number of benzene rings is 2. The fraction of sp³-hybridized carbons (Fsp3) is 0.176. The average Bonchev–Trinajstić information content (AvgIpc) is 2.48. The maximum absolute atomic E-state index is 11.9. The molecule has 0 atom stereocenters. The van der Waals surface area contributed by atoms with Crippen LogP contribution in [0.1, 0.15) is 18.1 Å². The quantitative estimate of drug-likeness (QED) is 0.890. The fourth-order valence-electron chi connectivity index (χ4n) is 1.99. The summed E-state index contributed by atoms with van der Waals surface area (Å²) in [5, 5.41) is 6.17. The molecule has 0 spiro atoms. The Morgan fingerprint density at radius 1 is 1.05 bits per heavy atom. The molecule has 0 radical (unpaired) electrons. The lowest BCUT2D eigenvalue weighted by atomic mass is 10.1. The second-order valence-electron chi connectivity index (χ2n) is 4.92. The summed E-state index contributed by atoms with van der Waals surface area (Å²) in [7, 11) is 0. The number of nitrogens with one attached hydrogen (secondary N) is 2. The van der Waals surface area contributed by atoms with Gasteiger partial charge in [-0.05, 0) is 29.3 Å². The predicted molar refractivity (Wildman–Crippen MR) is 87.7 cm³/mol. The van der Waals surface area contributed by atoms with Crippen LogP contribution < -0.4 is 10.6 Å². The first-order valence-corrected chi connectivity index (χ1v) is 7.29. The first-order chi connectivity index (χ1) is 10.5. The van der Waals surface area contributed by atoms with Crippen LogP contribution in [0.2, 0.25) is 5.02 Å². The van der Waals surface area contributed by atoms with Crippen LogP contribution in [-0.2, 0) is 22.6 Å². The van der Waals surface area contributed by atoms with E-state index in [0.29, 0.717) is 17.3 Å². The van der Waals surface area contributed by atoms with Crippen LogP contribution in [0.4, 0.5) is 5.69 Å². The molecular weight excluding hydrogens is 300 g/mol. The second-order valence-corrected chi connectivity index (χ2v) is 5.33. The summed E-state index contributed by atoms with van der Waals surface area (Å²) in [4.78, 5) is 22.9. The number of amides is 2. The van der Waals surface area contributed by atoms with E-state index in [4.69, 9.17) is 11.6 Å². The summed E-state index contributed by atoms with van der Waals surface area (Å²) in [6, 6.07) is 14.6. The predicted octanol–water partition coefficient (Wildman–Crippen LogP) is 3.16. The molecule has 0 fully saturated rings. The van der Waals surface area contributed by atoms with Gasteiger partial charge in [0.1, 0.15) is 0 Å². The molecule has 5 heteroatoms. The second kappa shape index (κ2) is 7.61. The third-order valence-electron chi connectivity index (χ3n) is 3.07. The van der Waals surface area contributed by atoms with Crippen LogP contribution in [0.15, 0.2) is 48.5 Å². The zero-order chi connectivity index (χ0) is 15.9. The molecule has 0 aliphatic carbocycles. The smallest absolute Gasteiger partial charge is 0.224 e. The SMILES string of the molecule is CC(=O)Nc1ccc(CC(=O)NCc2ccccc2Cl)cc1. The van der Waals surface area contributed by atoms with Gasteiger partial charge in [-0.1, -0.05) is 41.9 Å². The third kappa shape index (κ3) is 4.90. The van der Waals surface area contributed by atoms with Gasteiger partial charge in [0.2, 0.25) is 11.8 Å². The largest absolute Gasteiger partial charge is 0.352 e. The van der Waals surface area contributed by atoms with Crippen molar-refractivity contribution < 1.29 is 9.59 Å². The topological polar surface area (TPSA) is 58.2 Å². The summed E-state index contributed by atoms with van der Waals surface area (Å²) < 4.78 is 0. The zero-order valence-electron chi connectivity index (χ0n) is 12.2. The lowest BCUT2D eigenvalue weighted by Crippen LogP contribution is -2.24. The molecular formula is C17H17ClN2O2. The molecule has 0 aliphatic heterocycles. The standard InChI is InChI=1S/C17H17ClN2O2/c1-12(21)20-15-8-6-13(7-9-15)10-17(22)19-11-14-4-2-3-5-16(14)18/h2-9H,10-11H2,1H3,(H,19,22)(H,20,21). The molecule has 2 N–H and O–H groups in total. The van der Waals surface area contributed by atoms with Crippen molar-refractivity contribution >= 4 is 29.1 Å². The van der Waals surface area contributed by atoms with Crippen molar-refractivity contribution in [2.24, 2.45) is 0 Å². The summed E-state index contributed by atoms with van der Waals surface area (Å²) in [5.41, 5.74) is 2.48. The van der Waals surface area contributed by atoms with Gasteiger partial charge in [0.05, 0.1) is 6.42 Å². The highest BCUT2D eigenvalue weighted by Gasteiger charge is 2.05. The normalized spacial score (nSPS) is 10.1. The molecule has 4 nitrogen and oxygen atoms in total. The Morgan fingerprint density at radius 3 is 2.36 bits per heavy atom. The number of halogens is 1. The van der Waals surface area contributed by atoms with Gasteiger partial charge in [-0.25, -0.2) is 0 Å². The minimum atomic E-state index is -0.120. The Balaban J connectivity index is 1.87. The lowest BCUT2D eigenvalue weighted by Gasteiger charge is -2.08. The number of carbonyl (C=O) groups is 2. The number of hydrogen-bond donors (Lipinski definition) is 2. The van der Waals surface area contributed by atoms with E-state index in [-0.39, 0.29) is 18.2 Å². The zero-order valence-corrected chi connectivity index (χ0v) is 13.0. The van der Waals surface area contributed by atoms with Crippen molar-refractivity contribution in [1.29, 1.82) is 0 Å². The molecule has 2 aromatic rings. The Labute approximate surface area is 134 Å². The van der Waals surface area contributed by atoms with Crippen molar-refractivity contribution in [2.75, 3.05) is 5.32 Å². The Morgan fingerprint density at radius 2 is 1.73 bits per heavy atom. The van der Waals surface area contributed by atoms with Gasteiger partial charge in [0.25, 0.3) is 0 Å². The van der Waals surface area contributed by atoms with E-state index in [9.17, 15) is 9.59 Å². The van der Waals surface area contributed by atoms with Gasteiger partial charge in [-0.3, -0.25) is 9.59 Å². The van der Waals surface area contributed by atoms with E-state index >= 15 is 0 Å². The van der Waals surface area contributed by atoms with Crippen LogP contribution in [0.5, 0.6) is 0 Å². The van der Waals surface area contributed by atoms with Crippen molar-refractivity contribution in [3.05, 3.63) is 64.7 Å². The average molecular weight is 317 g/mol. The van der Waals surface area contributed by atoms with Gasteiger partial charge in [-0.2, -0.15) is 0 Å². The van der Waals surface area contributed by atoms with Crippen LogP contribution >= 0.6 is 11.6 Å². The van der Waals surface area contributed by atoms with E-state index in [1.54, 1.807) is 18.2 Å². The molecule has 0 aromatic heterocycles. The van der Waals surface area contributed by atoms with Crippen LogP contribution in [0.3, 0.4) is 0 Å². The number of rotatable bonds is 5. The Kier molecular flexibility index (Phi) is 5.55. The maximum Gasteiger partial charge on any atom is 0.224 e. The van der Waals surface area contributed by atoms with Crippen molar-refractivity contribution in [1.82, 2.24) is 5.32 Å². The van der Waals surface area contributed by atoms with Crippen molar-refractivity contribution in [3.8, 4) is 0 Å². The minimum Gasteiger partial charge on any atom is -0.352 e. The molecule has 0 saturated heterocycles. The summed E-state index contributed by atoms with van der Waals surface area (Å²) in [6.45, 7) is 1.86. The molecule has 114 valence electrons. The van der Waals surface area contributed by atoms with Crippen molar-refractivity contribution in [3.63, 3.8) is 0 Å². The summed E-state index contributed by atoms with van der Waals surface area (Å²) in [6.07, 6.45) is 0.283. The lowest BCUT2D eigenvalue weighted by molar-refractivity contribution is -0.120. The molecule has 2 aromatic carbocycles. The van der Waals surface area contributed by atoms with Gasteiger partial charge in [0, 0.05) is 24.2 Å². The highest BCUT2D eigenvalue weighted by Crippen LogP contribution is 2.14.